The molecule has 1 heterocycles. The normalized spacial score (nSPS) is 14.1. The Labute approximate surface area is 208 Å². The molecule has 3 rings (SSSR count). The number of amides is 2. The van der Waals surface area contributed by atoms with Crippen LogP contribution in [0.2, 0.25) is 5.02 Å². The van der Waals surface area contributed by atoms with Gasteiger partial charge in [-0.15, -0.1) is 11.3 Å². The predicted octanol–water partition coefficient (Wildman–Crippen LogP) is 3.66. The average Bonchev–Trinajstić information content (AvgIpc) is 3.34. The van der Waals surface area contributed by atoms with Gasteiger partial charge in [-0.1, -0.05) is 25.4 Å². The molecule has 0 saturated carbocycles. The van der Waals surface area contributed by atoms with Crippen molar-refractivity contribution in [1.82, 2.24) is 15.4 Å². The van der Waals surface area contributed by atoms with Crippen LogP contribution in [0.1, 0.15) is 53.2 Å². The van der Waals surface area contributed by atoms with E-state index in [1.54, 1.807) is 0 Å². The molecule has 7 nitrogen and oxygen atoms in total. The summed E-state index contributed by atoms with van der Waals surface area (Å²) in [5.41, 5.74) is 1.23. The van der Waals surface area contributed by atoms with Crippen LogP contribution in [-0.4, -0.2) is 39.4 Å². The van der Waals surface area contributed by atoms with Crippen molar-refractivity contribution in [2.45, 2.75) is 56.9 Å². The van der Waals surface area contributed by atoms with Crippen molar-refractivity contribution in [2.24, 2.45) is 5.92 Å². The Morgan fingerprint density at radius 3 is 2.62 bits per heavy atom. The van der Waals surface area contributed by atoms with Crippen LogP contribution < -0.4 is 15.4 Å². The van der Waals surface area contributed by atoms with Crippen LogP contribution in [0.5, 0.6) is 0 Å². The first kappa shape index (κ1) is 26.6. The van der Waals surface area contributed by atoms with E-state index >= 15 is 0 Å². The smallest absolute Gasteiger partial charge is 0.262 e. The molecule has 186 valence electrons. The van der Waals surface area contributed by atoms with Crippen LogP contribution in [-0.2, 0) is 27.7 Å². The standard InChI is InChI=1S/C23H29ClFN3O4S2/c1-14(2)11-18(28-23(30)20-12-15-5-3-6-19(15)33-20)22(29)26-9-4-10-27-34(31,32)21-8-7-16(25)13-17(21)24/h7-8,12-14,18,27H,3-6,9-11H2,1-2H3,(H,26,29)(H,28,30)/t18-/m0/s1. The Kier molecular flexibility index (Phi) is 9.08. The summed E-state index contributed by atoms with van der Waals surface area (Å²) in [6.07, 6.45) is 3.92. The van der Waals surface area contributed by atoms with E-state index in [4.69, 9.17) is 11.6 Å². The molecule has 0 bridgehead atoms. The molecular formula is C23H29ClFN3O4S2. The summed E-state index contributed by atoms with van der Waals surface area (Å²) in [6, 6.07) is 4.30. The molecule has 1 aromatic heterocycles. The largest absolute Gasteiger partial charge is 0.354 e. The third-order valence-electron chi connectivity index (χ3n) is 5.43. The minimum absolute atomic E-state index is 0.0538. The van der Waals surface area contributed by atoms with Crippen LogP contribution in [0.25, 0.3) is 0 Å². The summed E-state index contributed by atoms with van der Waals surface area (Å²) in [4.78, 5) is 27.1. The minimum atomic E-state index is -3.90. The number of thiophene rings is 1. The maximum Gasteiger partial charge on any atom is 0.262 e. The van der Waals surface area contributed by atoms with Crippen LogP contribution in [0.4, 0.5) is 4.39 Å². The average molecular weight is 530 g/mol. The van der Waals surface area contributed by atoms with E-state index in [-0.39, 0.29) is 40.7 Å². The molecule has 1 atom stereocenters. The number of benzene rings is 1. The number of rotatable bonds is 11. The molecule has 0 radical (unpaired) electrons. The van der Waals surface area contributed by atoms with Gasteiger partial charge in [0.1, 0.15) is 16.8 Å². The maximum atomic E-state index is 13.2. The van der Waals surface area contributed by atoms with Crippen molar-refractivity contribution in [2.75, 3.05) is 13.1 Å². The van der Waals surface area contributed by atoms with Crippen LogP contribution in [0.3, 0.4) is 0 Å². The highest BCUT2D eigenvalue weighted by atomic mass is 35.5. The highest BCUT2D eigenvalue weighted by molar-refractivity contribution is 7.89. The van der Waals surface area contributed by atoms with Crippen molar-refractivity contribution >= 4 is 44.8 Å². The third kappa shape index (κ3) is 7.00. The predicted molar refractivity (Wildman–Crippen MR) is 131 cm³/mol. The molecule has 1 aliphatic rings. The van der Waals surface area contributed by atoms with Gasteiger partial charge in [0.2, 0.25) is 15.9 Å². The number of carbonyl (C=O) groups excluding carboxylic acids is 2. The summed E-state index contributed by atoms with van der Waals surface area (Å²) in [7, 11) is -3.90. The van der Waals surface area contributed by atoms with Crippen LogP contribution >= 0.6 is 22.9 Å². The fourth-order valence-corrected chi connectivity index (χ4v) is 6.53. The van der Waals surface area contributed by atoms with E-state index in [1.807, 2.05) is 19.9 Å². The van der Waals surface area contributed by atoms with Crippen molar-refractivity contribution < 1.29 is 22.4 Å². The van der Waals surface area contributed by atoms with E-state index < -0.39 is 21.9 Å². The lowest BCUT2D eigenvalue weighted by Gasteiger charge is -2.20. The number of halogens is 2. The number of fused-ring (bicyclic) bond motifs is 1. The fourth-order valence-electron chi connectivity index (χ4n) is 3.77. The minimum Gasteiger partial charge on any atom is -0.354 e. The van der Waals surface area contributed by atoms with Crippen molar-refractivity contribution in [3.8, 4) is 0 Å². The van der Waals surface area contributed by atoms with E-state index in [1.165, 1.54) is 21.8 Å². The van der Waals surface area contributed by atoms with Gasteiger partial charge in [0.05, 0.1) is 9.90 Å². The van der Waals surface area contributed by atoms with E-state index in [9.17, 15) is 22.4 Å². The van der Waals surface area contributed by atoms with Crippen molar-refractivity contribution in [1.29, 1.82) is 0 Å². The number of aryl methyl sites for hydroxylation is 2. The van der Waals surface area contributed by atoms with Crippen LogP contribution in [0.15, 0.2) is 29.2 Å². The molecule has 1 aromatic carbocycles. The number of nitrogens with one attached hydrogen (secondary N) is 3. The molecule has 3 N–H and O–H groups in total. The van der Waals surface area contributed by atoms with Gasteiger partial charge in [-0.05, 0) is 67.9 Å². The second-order valence-corrected chi connectivity index (χ2v) is 12.0. The number of carbonyl (C=O) groups is 2. The van der Waals surface area contributed by atoms with Gasteiger partial charge in [0.25, 0.3) is 5.91 Å². The fraction of sp³-hybridized carbons (Fsp3) is 0.478. The Morgan fingerprint density at radius 2 is 1.94 bits per heavy atom. The van der Waals surface area contributed by atoms with E-state index in [0.29, 0.717) is 17.7 Å². The second kappa shape index (κ2) is 11.6. The zero-order valence-corrected chi connectivity index (χ0v) is 21.5. The summed E-state index contributed by atoms with van der Waals surface area (Å²) in [5, 5.41) is 5.42. The van der Waals surface area contributed by atoms with Crippen LogP contribution in [0, 0.1) is 11.7 Å². The molecule has 0 unspecified atom stereocenters. The van der Waals surface area contributed by atoms with Crippen molar-refractivity contribution in [3.05, 3.63) is 50.4 Å². The molecule has 2 amide bonds. The number of sulfonamides is 1. The first-order valence-electron chi connectivity index (χ1n) is 11.2. The number of hydrogen-bond acceptors (Lipinski definition) is 5. The summed E-state index contributed by atoms with van der Waals surface area (Å²) < 4.78 is 40.2. The lowest BCUT2D eigenvalue weighted by molar-refractivity contribution is -0.123. The zero-order chi connectivity index (χ0) is 24.9. The molecule has 0 saturated heterocycles. The Bertz CT molecular complexity index is 1130. The SMILES string of the molecule is CC(C)C[C@H](NC(=O)c1cc2c(s1)CCC2)C(=O)NCCCNS(=O)(=O)c1ccc(F)cc1Cl. The molecule has 0 spiro atoms. The lowest BCUT2D eigenvalue weighted by Crippen LogP contribution is -2.47. The summed E-state index contributed by atoms with van der Waals surface area (Å²) in [5.74, 6) is -0.991. The van der Waals surface area contributed by atoms with Gasteiger partial charge in [-0.2, -0.15) is 0 Å². The topological polar surface area (TPSA) is 104 Å². The third-order valence-corrected chi connectivity index (χ3v) is 8.61. The van der Waals surface area contributed by atoms with Crippen molar-refractivity contribution in [3.63, 3.8) is 0 Å². The molecule has 2 aromatic rings. The molecule has 1 aliphatic carbocycles. The zero-order valence-electron chi connectivity index (χ0n) is 19.1. The van der Waals surface area contributed by atoms with Gasteiger partial charge in [-0.25, -0.2) is 17.5 Å². The molecule has 34 heavy (non-hydrogen) atoms. The first-order valence-corrected chi connectivity index (χ1v) is 13.9. The Balaban J connectivity index is 1.49. The second-order valence-electron chi connectivity index (χ2n) is 8.69. The van der Waals surface area contributed by atoms with Gasteiger partial charge < -0.3 is 10.6 Å². The lowest BCUT2D eigenvalue weighted by atomic mass is 10.0. The summed E-state index contributed by atoms with van der Waals surface area (Å²) in [6.45, 7) is 4.22. The van der Waals surface area contributed by atoms with Gasteiger partial charge >= 0.3 is 0 Å². The maximum absolute atomic E-state index is 13.2. The monoisotopic (exact) mass is 529 g/mol. The van der Waals surface area contributed by atoms with E-state index in [0.717, 1.165) is 37.5 Å². The Morgan fingerprint density at radius 1 is 1.18 bits per heavy atom. The highest BCUT2D eigenvalue weighted by Crippen LogP contribution is 2.30. The molecule has 11 heteroatoms. The number of hydrogen-bond donors (Lipinski definition) is 3. The highest BCUT2D eigenvalue weighted by Gasteiger charge is 2.25. The van der Waals surface area contributed by atoms with E-state index in [2.05, 4.69) is 15.4 Å². The quantitative estimate of drug-likeness (QED) is 0.386. The van der Waals surface area contributed by atoms with Gasteiger partial charge in [0, 0.05) is 18.0 Å². The van der Waals surface area contributed by atoms with Gasteiger partial charge in [0.15, 0.2) is 0 Å². The van der Waals surface area contributed by atoms with Gasteiger partial charge in [-0.3, -0.25) is 9.59 Å². The first-order chi connectivity index (χ1) is 16.1. The molecular weight excluding hydrogens is 501 g/mol. The molecule has 0 aliphatic heterocycles. The Hall–Kier alpha value is -2.01. The molecule has 0 fully saturated rings. The summed E-state index contributed by atoms with van der Waals surface area (Å²) >= 11 is 7.32.